The molecule has 0 radical (unpaired) electrons. The molecule has 0 spiro atoms. The third-order valence-corrected chi connectivity index (χ3v) is 1.25. The zero-order valence-corrected chi connectivity index (χ0v) is 9.25. The molecule has 0 aromatic heterocycles. The van der Waals surface area contributed by atoms with Gasteiger partial charge in [0.25, 0.3) is 0 Å². The second-order valence-corrected chi connectivity index (χ2v) is 2.49. The van der Waals surface area contributed by atoms with Crippen molar-refractivity contribution in [2.24, 2.45) is 10.9 Å². The minimum absolute atomic E-state index is 0.432. The maximum Gasteiger partial charge on any atom is 0.0423 e. The highest BCUT2D eigenvalue weighted by Crippen LogP contribution is 1.98. The summed E-state index contributed by atoms with van der Waals surface area (Å²) in [5, 5.41) is 0. The standard InChI is InChI=1S/C10H15N.C2H6/c1-5-7-8-11-10(6-2)9(3)4;1-2/h5-9H,1-2H2,3-4H3;1-2H3/b8-7-,11-10?;. The van der Waals surface area contributed by atoms with Gasteiger partial charge in [-0.05, 0) is 18.1 Å². The summed E-state index contributed by atoms with van der Waals surface area (Å²) in [6, 6.07) is 0. The van der Waals surface area contributed by atoms with Gasteiger partial charge in [-0.1, -0.05) is 46.9 Å². The molecule has 0 heterocycles. The minimum Gasteiger partial charge on any atom is -0.261 e. The molecule has 0 rings (SSSR count). The van der Waals surface area contributed by atoms with E-state index in [1.54, 1.807) is 24.4 Å². The zero-order valence-electron chi connectivity index (χ0n) is 9.25. The van der Waals surface area contributed by atoms with Gasteiger partial charge in [-0.2, -0.15) is 0 Å². The van der Waals surface area contributed by atoms with Crippen molar-refractivity contribution in [2.75, 3.05) is 0 Å². The maximum absolute atomic E-state index is 4.18. The van der Waals surface area contributed by atoms with E-state index < -0.39 is 0 Å². The predicted octanol–water partition coefficient (Wildman–Crippen LogP) is 4.00. The summed E-state index contributed by atoms with van der Waals surface area (Å²) in [4.78, 5) is 4.18. The third kappa shape index (κ3) is 8.80. The van der Waals surface area contributed by atoms with E-state index in [0.717, 1.165) is 5.71 Å². The van der Waals surface area contributed by atoms with Crippen LogP contribution in [0.3, 0.4) is 0 Å². The molecule has 0 unspecified atom stereocenters. The molecule has 1 nitrogen and oxygen atoms in total. The van der Waals surface area contributed by atoms with Crippen LogP contribution in [0.15, 0.2) is 42.6 Å². The molecule has 0 aliphatic heterocycles. The molecule has 0 saturated carbocycles. The number of aliphatic imine (C=N–C) groups is 1. The van der Waals surface area contributed by atoms with E-state index in [-0.39, 0.29) is 0 Å². The molecule has 0 atom stereocenters. The smallest absolute Gasteiger partial charge is 0.0423 e. The SMILES string of the molecule is C=C/C=C\N=C(C=C)C(C)C.CC. The first kappa shape index (κ1) is 14.4. The first-order valence-electron chi connectivity index (χ1n) is 4.70. The summed E-state index contributed by atoms with van der Waals surface area (Å²) in [6.45, 7) is 15.4. The predicted molar refractivity (Wildman–Crippen MR) is 63.2 cm³/mol. The zero-order chi connectivity index (χ0) is 10.7. The van der Waals surface area contributed by atoms with Gasteiger partial charge in [0.2, 0.25) is 0 Å². The second kappa shape index (κ2) is 10.9. The summed E-state index contributed by atoms with van der Waals surface area (Å²) in [7, 11) is 0. The van der Waals surface area contributed by atoms with Crippen LogP contribution >= 0.6 is 0 Å². The third-order valence-electron chi connectivity index (χ3n) is 1.25. The Bertz CT molecular complexity index is 185. The second-order valence-electron chi connectivity index (χ2n) is 2.49. The van der Waals surface area contributed by atoms with E-state index in [1.165, 1.54) is 0 Å². The average Bonchev–Trinajstić information content (AvgIpc) is 2.15. The van der Waals surface area contributed by atoms with Gasteiger partial charge in [0.1, 0.15) is 0 Å². The summed E-state index contributed by atoms with van der Waals surface area (Å²) in [5.74, 6) is 0.432. The van der Waals surface area contributed by atoms with Gasteiger partial charge in [0.15, 0.2) is 0 Å². The van der Waals surface area contributed by atoms with Gasteiger partial charge < -0.3 is 0 Å². The van der Waals surface area contributed by atoms with Crippen LogP contribution in [-0.4, -0.2) is 5.71 Å². The molecule has 0 bridgehead atoms. The van der Waals surface area contributed by atoms with Crippen molar-refractivity contribution in [1.29, 1.82) is 0 Å². The molecule has 0 aromatic rings. The molecule has 0 N–H and O–H groups in total. The first-order valence-corrected chi connectivity index (χ1v) is 4.70. The highest BCUT2D eigenvalue weighted by Gasteiger charge is 1.96. The maximum atomic E-state index is 4.18. The first-order chi connectivity index (χ1) is 6.22. The van der Waals surface area contributed by atoms with Gasteiger partial charge in [-0.25, -0.2) is 0 Å². The summed E-state index contributed by atoms with van der Waals surface area (Å²) in [6.07, 6.45) is 7.00. The van der Waals surface area contributed by atoms with Crippen LogP contribution in [0.1, 0.15) is 27.7 Å². The Morgan fingerprint density at radius 1 is 1.23 bits per heavy atom. The highest BCUT2D eigenvalue weighted by molar-refractivity contribution is 5.96. The van der Waals surface area contributed by atoms with Gasteiger partial charge in [0.05, 0.1) is 0 Å². The number of rotatable bonds is 4. The van der Waals surface area contributed by atoms with E-state index in [2.05, 4.69) is 32.0 Å². The van der Waals surface area contributed by atoms with E-state index in [1.807, 2.05) is 13.8 Å². The number of nitrogens with zero attached hydrogens (tertiary/aromatic N) is 1. The number of hydrogen-bond donors (Lipinski definition) is 0. The lowest BCUT2D eigenvalue weighted by Gasteiger charge is -2.01. The molecule has 0 aliphatic carbocycles. The lowest BCUT2D eigenvalue weighted by molar-refractivity contribution is 0.889. The van der Waals surface area contributed by atoms with Crippen molar-refractivity contribution in [2.45, 2.75) is 27.7 Å². The van der Waals surface area contributed by atoms with Crippen molar-refractivity contribution in [1.82, 2.24) is 0 Å². The molecule has 74 valence electrons. The Morgan fingerprint density at radius 3 is 2.08 bits per heavy atom. The molecule has 0 aromatic carbocycles. The van der Waals surface area contributed by atoms with Gasteiger partial charge in [-0.15, -0.1) is 0 Å². The largest absolute Gasteiger partial charge is 0.261 e. The van der Waals surface area contributed by atoms with Crippen molar-refractivity contribution in [3.8, 4) is 0 Å². The minimum atomic E-state index is 0.432. The average molecular weight is 179 g/mol. The molecule has 1 heteroatoms. The van der Waals surface area contributed by atoms with E-state index >= 15 is 0 Å². The van der Waals surface area contributed by atoms with Crippen LogP contribution in [0, 0.1) is 5.92 Å². The molecule has 13 heavy (non-hydrogen) atoms. The van der Waals surface area contributed by atoms with E-state index in [0.29, 0.717) is 5.92 Å². The monoisotopic (exact) mass is 179 g/mol. The quantitative estimate of drug-likeness (QED) is 0.457. The molecule has 0 amide bonds. The van der Waals surface area contributed by atoms with E-state index in [4.69, 9.17) is 0 Å². The van der Waals surface area contributed by atoms with Crippen LogP contribution in [0.5, 0.6) is 0 Å². The van der Waals surface area contributed by atoms with Crippen molar-refractivity contribution in [3.63, 3.8) is 0 Å². The van der Waals surface area contributed by atoms with E-state index in [9.17, 15) is 0 Å². The van der Waals surface area contributed by atoms with Crippen molar-refractivity contribution >= 4 is 5.71 Å². The fourth-order valence-corrected chi connectivity index (χ4v) is 0.627. The molecule has 0 saturated heterocycles. The van der Waals surface area contributed by atoms with Crippen molar-refractivity contribution < 1.29 is 0 Å². The molecular formula is C12H21N. The lowest BCUT2D eigenvalue weighted by Crippen LogP contribution is -2.01. The fourth-order valence-electron chi connectivity index (χ4n) is 0.627. The lowest BCUT2D eigenvalue weighted by atomic mass is 10.1. The van der Waals surface area contributed by atoms with Gasteiger partial charge in [0, 0.05) is 11.9 Å². The summed E-state index contributed by atoms with van der Waals surface area (Å²) < 4.78 is 0. The Kier molecular flexibility index (Phi) is 12.1. The summed E-state index contributed by atoms with van der Waals surface area (Å²) in [5.41, 5.74) is 1.00. The van der Waals surface area contributed by atoms with Crippen LogP contribution < -0.4 is 0 Å². The van der Waals surface area contributed by atoms with Crippen LogP contribution in [0.4, 0.5) is 0 Å². The van der Waals surface area contributed by atoms with Crippen LogP contribution in [-0.2, 0) is 0 Å². The Labute approximate surface area is 82.6 Å². The Morgan fingerprint density at radius 2 is 1.77 bits per heavy atom. The van der Waals surface area contributed by atoms with Gasteiger partial charge >= 0.3 is 0 Å². The van der Waals surface area contributed by atoms with Crippen LogP contribution in [0.2, 0.25) is 0 Å². The Balaban J connectivity index is 0. The fraction of sp³-hybridized carbons (Fsp3) is 0.417. The molecule has 0 aliphatic rings. The number of allylic oxidation sites excluding steroid dienone is 3. The molecule has 0 fully saturated rings. The van der Waals surface area contributed by atoms with Gasteiger partial charge in [-0.3, -0.25) is 4.99 Å². The van der Waals surface area contributed by atoms with Crippen LogP contribution in [0.25, 0.3) is 0 Å². The topological polar surface area (TPSA) is 12.4 Å². The highest BCUT2D eigenvalue weighted by atomic mass is 14.7. The Hall–Kier alpha value is -1.11. The molecular weight excluding hydrogens is 158 g/mol. The normalized spacial score (nSPS) is 11.0. The number of hydrogen-bond acceptors (Lipinski definition) is 1. The van der Waals surface area contributed by atoms with Crippen molar-refractivity contribution in [3.05, 3.63) is 37.6 Å². The summed E-state index contributed by atoms with van der Waals surface area (Å²) >= 11 is 0.